The Kier molecular flexibility index (Phi) is 4.58. The summed E-state index contributed by atoms with van der Waals surface area (Å²) in [5.74, 6) is -4.62. The van der Waals surface area contributed by atoms with Gasteiger partial charge in [0.1, 0.15) is 0 Å². The monoisotopic (exact) mass is 317 g/mol. The van der Waals surface area contributed by atoms with Gasteiger partial charge in [0.05, 0.1) is 13.2 Å². The van der Waals surface area contributed by atoms with Crippen molar-refractivity contribution >= 4 is 15.9 Å². The van der Waals surface area contributed by atoms with Crippen molar-refractivity contribution in [2.45, 2.75) is 10.8 Å². The lowest BCUT2D eigenvalue weighted by Crippen LogP contribution is -2.47. The lowest BCUT2D eigenvalue weighted by Gasteiger charge is -2.30. The Balaban J connectivity index is 2.20. The van der Waals surface area contributed by atoms with Gasteiger partial charge in [-0.1, -0.05) is 12.1 Å². The Morgan fingerprint density at radius 1 is 1.14 bits per heavy atom. The first-order valence-corrected chi connectivity index (χ1v) is 9.62. The van der Waals surface area contributed by atoms with Gasteiger partial charge in [-0.05, 0) is 35.8 Å². The molecule has 0 bridgehead atoms. The molecule has 0 radical (unpaired) electrons. The summed E-state index contributed by atoms with van der Waals surface area (Å²) in [6, 6.07) is 6.13. The maximum atomic E-state index is 14.3. The lowest BCUT2D eigenvalue weighted by atomic mass is 10.1. The van der Waals surface area contributed by atoms with Crippen molar-refractivity contribution in [3.8, 4) is 0 Å². The molecule has 0 unspecified atom stereocenters. The number of halogens is 2. The quantitative estimate of drug-likeness (QED) is 0.858. The number of carbonyl (C=O) groups is 1. The van der Waals surface area contributed by atoms with E-state index in [9.17, 15) is 13.6 Å². The van der Waals surface area contributed by atoms with Gasteiger partial charge in [-0.3, -0.25) is 4.79 Å². The van der Waals surface area contributed by atoms with E-state index in [2.05, 4.69) is 18.8 Å². The second-order valence-corrected chi connectivity index (χ2v) is 9.99. The number of morpholine rings is 1. The van der Waals surface area contributed by atoms with Gasteiger partial charge < -0.3 is 9.64 Å². The van der Waals surface area contributed by atoms with Gasteiger partial charge in [-0.15, -0.1) is 0 Å². The maximum Gasteiger partial charge on any atom is 0.349 e. The van der Waals surface area contributed by atoms with E-state index in [4.69, 9.17) is 4.74 Å². The summed E-state index contributed by atoms with van der Waals surface area (Å²) < 4.78 is 33.8. The standard InChI is InChI=1S/C15H21F2NO2S/c1-21(2,3)13-6-4-12(5-7-13)15(16,17)14(19)18-8-10-20-11-9-18/h4-7H,8-11H2,1-3H3. The van der Waals surface area contributed by atoms with Crippen molar-refractivity contribution in [2.24, 2.45) is 0 Å². The molecule has 1 aliphatic rings. The number of benzene rings is 1. The van der Waals surface area contributed by atoms with Gasteiger partial charge in [0, 0.05) is 18.7 Å². The van der Waals surface area contributed by atoms with Gasteiger partial charge in [0.25, 0.3) is 5.91 Å². The fourth-order valence-corrected chi connectivity index (χ4v) is 3.11. The molecule has 1 fully saturated rings. The normalized spacial score (nSPS) is 17.7. The summed E-state index contributed by atoms with van der Waals surface area (Å²) in [6.45, 7) is 1.07. The van der Waals surface area contributed by atoms with Crippen molar-refractivity contribution in [2.75, 3.05) is 45.1 Å². The number of alkyl halides is 2. The minimum atomic E-state index is -3.48. The topological polar surface area (TPSA) is 29.5 Å². The molecule has 1 aromatic rings. The first-order valence-electron chi connectivity index (χ1n) is 6.77. The second-order valence-electron chi connectivity index (χ2n) is 5.84. The van der Waals surface area contributed by atoms with E-state index < -0.39 is 21.9 Å². The second kappa shape index (κ2) is 5.93. The molecular weight excluding hydrogens is 296 g/mol. The molecule has 0 saturated carbocycles. The van der Waals surface area contributed by atoms with Crippen molar-refractivity contribution in [3.05, 3.63) is 29.8 Å². The van der Waals surface area contributed by atoms with Gasteiger partial charge >= 0.3 is 5.92 Å². The van der Waals surface area contributed by atoms with Crippen LogP contribution in [0, 0.1) is 0 Å². The molecule has 118 valence electrons. The Hall–Kier alpha value is -1.14. The van der Waals surface area contributed by atoms with Gasteiger partial charge in [-0.25, -0.2) is 10.0 Å². The van der Waals surface area contributed by atoms with E-state index in [0.717, 1.165) is 4.90 Å². The SMILES string of the molecule is CS(C)(C)c1ccc(C(F)(F)C(=O)N2CCOCC2)cc1. The van der Waals surface area contributed by atoms with Crippen LogP contribution >= 0.6 is 10.0 Å². The minimum Gasteiger partial charge on any atom is -0.378 e. The number of ether oxygens (including phenoxy) is 1. The third-order valence-corrected chi connectivity index (χ3v) is 5.18. The molecule has 0 N–H and O–H groups in total. The van der Waals surface area contributed by atoms with Crippen LogP contribution in [-0.2, 0) is 15.5 Å². The number of nitrogens with zero attached hydrogens (tertiary/aromatic N) is 1. The first kappa shape index (κ1) is 16.2. The van der Waals surface area contributed by atoms with E-state index >= 15 is 0 Å². The van der Waals surface area contributed by atoms with Crippen molar-refractivity contribution < 1.29 is 18.3 Å². The molecule has 1 amide bonds. The average molecular weight is 317 g/mol. The molecule has 1 aromatic carbocycles. The smallest absolute Gasteiger partial charge is 0.349 e. The Labute approximate surface area is 125 Å². The van der Waals surface area contributed by atoms with E-state index in [0.29, 0.717) is 13.2 Å². The summed E-state index contributed by atoms with van der Waals surface area (Å²) in [4.78, 5) is 14.2. The van der Waals surface area contributed by atoms with Crippen LogP contribution in [0.25, 0.3) is 0 Å². The number of carbonyl (C=O) groups excluding carboxylic acids is 1. The first-order chi connectivity index (χ1) is 9.73. The third-order valence-electron chi connectivity index (χ3n) is 3.49. The fourth-order valence-electron chi connectivity index (χ4n) is 2.16. The van der Waals surface area contributed by atoms with Crippen molar-refractivity contribution in [1.82, 2.24) is 4.90 Å². The molecule has 0 spiro atoms. The van der Waals surface area contributed by atoms with Crippen LogP contribution in [0.1, 0.15) is 5.56 Å². The summed E-state index contributed by atoms with van der Waals surface area (Å²) in [5.41, 5.74) is -0.244. The predicted molar refractivity (Wildman–Crippen MR) is 81.4 cm³/mol. The summed E-state index contributed by atoms with van der Waals surface area (Å²) in [6.07, 6.45) is 6.29. The summed E-state index contributed by atoms with van der Waals surface area (Å²) in [5, 5.41) is 0. The largest absolute Gasteiger partial charge is 0.378 e. The van der Waals surface area contributed by atoms with Crippen LogP contribution in [-0.4, -0.2) is 55.9 Å². The zero-order chi connectivity index (χ0) is 15.7. The van der Waals surface area contributed by atoms with Crippen LogP contribution < -0.4 is 0 Å². The highest BCUT2D eigenvalue weighted by atomic mass is 32.3. The summed E-state index contributed by atoms with van der Waals surface area (Å²) >= 11 is 0. The van der Waals surface area contributed by atoms with Crippen molar-refractivity contribution in [3.63, 3.8) is 0 Å². The Morgan fingerprint density at radius 3 is 2.14 bits per heavy atom. The molecule has 6 heteroatoms. The Bertz CT molecular complexity index is 505. The highest BCUT2D eigenvalue weighted by Crippen LogP contribution is 2.45. The van der Waals surface area contributed by atoms with Crippen LogP contribution in [0.3, 0.4) is 0 Å². The molecule has 1 aliphatic heterocycles. The van der Waals surface area contributed by atoms with E-state index in [1.54, 1.807) is 12.1 Å². The van der Waals surface area contributed by atoms with Crippen LogP contribution in [0.4, 0.5) is 8.78 Å². The fraction of sp³-hybridized carbons (Fsp3) is 0.533. The van der Waals surface area contributed by atoms with E-state index in [-0.39, 0.29) is 18.7 Å². The molecular formula is C15H21F2NO2S. The van der Waals surface area contributed by atoms with E-state index in [1.165, 1.54) is 17.0 Å². The van der Waals surface area contributed by atoms with Crippen LogP contribution in [0.5, 0.6) is 0 Å². The van der Waals surface area contributed by atoms with Gasteiger partial charge in [0.2, 0.25) is 0 Å². The number of hydrogen-bond donors (Lipinski definition) is 0. The highest BCUT2D eigenvalue weighted by molar-refractivity contribution is 8.32. The molecule has 2 rings (SSSR count). The maximum absolute atomic E-state index is 14.3. The van der Waals surface area contributed by atoms with Gasteiger partial charge in [-0.2, -0.15) is 8.78 Å². The van der Waals surface area contributed by atoms with E-state index in [1.807, 2.05) is 0 Å². The molecule has 0 aromatic heterocycles. The lowest BCUT2D eigenvalue weighted by molar-refractivity contribution is -0.163. The Morgan fingerprint density at radius 2 is 1.67 bits per heavy atom. The van der Waals surface area contributed by atoms with Crippen molar-refractivity contribution in [1.29, 1.82) is 0 Å². The zero-order valence-corrected chi connectivity index (χ0v) is 13.4. The third kappa shape index (κ3) is 3.55. The molecule has 0 atom stereocenters. The van der Waals surface area contributed by atoms with Crippen LogP contribution in [0.15, 0.2) is 29.2 Å². The molecule has 1 heterocycles. The highest BCUT2D eigenvalue weighted by Gasteiger charge is 2.44. The molecule has 3 nitrogen and oxygen atoms in total. The summed E-state index contributed by atoms with van der Waals surface area (Å²) in [7, 11) is -0.963. The number of amides is 1. The zero-order valence-electron chi connectivity index (χ0n) is 12.6. The molecule has 0 aliphatic carbocycles. The van der Waals surface area contributed by atoms with Crippen LogP contribution in [0.2, 0.25) is 0 Å². The number of rotatable bonds is 3. The van der Waals surface area contributed by atoms with Gasteiger partial charge in [0.15, 0.2) is 0 Å². The number of hydrogen-bond acceptors (Lipinski definition) is 2. The minimum absolute atomic E-state index is 0.221. The molecule has 1 saturated heterocycles. The molecule has 21 heavy (non-hydrogen) atoms. The average Bonchev–Trinajstić information content (AvgIpc) is 2.46. The predicted octanol–water partition coefficient (Wildman–Crippen LogP) is 2.69.